The molecule has 0 atom stereocenters. The minimum Gasteiger partial charge on any atom is -0.444 e. The van der Waals surface area contributed by atoms with Gasteiger partial charge in [-0.3, -0.25) is 9.59 Å². The fraction of sp³-hybridized carbons (Fsp3) is 0.846. The summed E-state index contributed by atoms with van der Waals surface area (Å²) >= 11 is 4.00. The number of nitrogens with one attached hydrogen (secondary N) is 4. The summed E-state index contributed by atoms with van der Waals surface area (Å²) in [4.78, 5) is 44.4. The first-order valence-electron chi connectivity index (χ1n) is 13.6. The van der Waals surface area contributed by atoms with Gasteiger partial charge in [0.1, 0.15) is 11.2 Å². The van der Waals surface area contributed by atoms with E-state index in [-0.39, 0.29) is 11.8 Å². The molecule has 4 amide bonds. The van der Waals surface area contributed by atoms with Crippen LogP contribution in [-0.2, 0) is 38.0 Å². The van der Waals surface area contributed by atoms with Gasteiger partial charge in [0.2, 0.25) is 11.8 Å². The van der Waals surface area contributed by atoms with E-state index in [1.807, 2.05) is 86.7 Å². The van der Waals surface area contributed by atoms with Crippen molar-refractivity contribution in [1.82, 2.24) is 21.3 Å². The zero-order valence-electron chi connectivity index (χ0n) is 25.7. The number of ether oxygens (including phenoxy) is 6. The standard InChI is InChI=1S/2C13H25IN2O5/c2*1-13(2,3)21-12(18)16-5-7-20-9-8-19-6-4-15-11(17)10-14/h2*4-10H2,1-3H3,(H,15,17)(H,16,18). The van der Waals surface area contributed by atoms with Gasteiger partial charge in [0.15, 0.2) is 0 Å². The van der Waals surface area contributed by atoms with E-state index in [0.717, 1.165) is 0 Å². The molecule has 0 fully saturated rings. The average molecular weight is 833 g/mol. The Kier molecular flexibility index (Phi) is 27.9. The summed E-state index contributed by atoms with van der Waals surface area (Å²) in [5, 5.41) is 10.6. The lowest BCUT2D eigenvalue weighted by Gasteiger charge is -2.19. The fourth-order valence-electron chi connectivity index (χ4n) is 2.34. The van der Waals surface area contributed by atoms with Gasteiger partial charge in [-0.05, 0) is 41.5 Å². The van der Waals surface area contributed by atoms with Crippen molar-refractivity contribution in [1.29, 1.82) is 0 Å². The lowest BCUT2D eigenvalue weighted by atomic mass is 10.2. The molecule has 0 aromatic carbocycles. The van der Waals surface area contributed by atoms with E-state index < -0.39 is 23.4 Å². The van der Waals surface area contributed by atoms with Gasteiger partial charge >= 0.3 is 12.2 Å². The second kappa shape index (κ2) is 27.3. The summed E-state index contributed by atoms with van der Waals surface area (Å²) in [5.74, 6) is 0.00679. The Bertz CT molecular complexity index is 675. The molecule has 0 saturated carbocycles. The van der Waals surface area contributed by atoms with E-state index in [1.54, 1.807) is 0 Å². The first-order chi connectivity index (χ1) is 19.7. The topological polar surface area (TPSA) is 172 Å². The lowest BCUT2D eigenvalue weighted by Crippen LogP contribution is -2.34. The molecule has 0 radical (unpaired) electrons. The van der Waals surface area contributed by atoms with Crippen LogP contribution in [0.1, 0.15) is 41.5 Å². The van der Waals surface area contributed by atoms with Crippen LogP contribution in [0.5, 0.6) is 0 Å². The normalized spacial score (nSPS) is 11.0. The number of carbonyl (C=O) groups excluding carboxylic acids is 4. The molecule has 0 aliphatic rings. The lowest BCUT2D eigenvalue weighted by molar-refractivity contribution is -0.119. The van der Waals surface area contributed by atoms with E-state index >= 15 is 0 Å². The van der Waals surface area contributed by atoms with Crippen molar-refractivity contribution in [2.45, 2.75) is 52.7 Å². The summed E-state index contributed by atoms with van der Waals surface area (Å²) in [6.45, 7) is 16.1. The molecule has 0 saturated heterocycles. The number of hydrogen-bond donors (Lipinski definition) is 4. The van der Waals surface area contributed by atoms with Gasteiger partial charge in [0.05, 0.1) is 61.7 Å². The van der Waals surface area contributed by atoms with Crippen LogP contribution in [0.15, 0.2) is 0 Å². The molecular formula is C26H50I2N4O10. The number of alkyl carbamates (subject to hydrolysis) is 2. The van der Waals surface area contributed by atoms with E-state index in [9.17, 15) is 19.2 Å². The molecule has 0 spiro atoms. The second-order valence-electron chi connectivity index (χ2n) is 10.3. The summed E-state index contributed by atoms with van der Waals surface area (Å²) in [7, 11) is 0. The highest BCUT2D eigenvalue weighted by Gasteiger charge is 2.16. The smallest absolute Gasteiger partial charge is 0.407 e. The number of rotatable bonds is 20. The molecule has 0 aromatic rings. The molecule has 0 aliphatic heterocycles. The zero-order valence-corrected chi connectivity index (χ0v) is 30.1. The highest BCUT2D eigenvalue weighted by Crippen LogP contribution is 2.06. The molecule has 14 nitrogen and oxygen atoms in total. The van der Waals surface area contributed by atoms with Crippen molar-refractivity contribution in [2.24, 2.45) is 0 Å². The maximum atomic E-state index is 11.3. The van der Waals surface area contributed by atoms with E-state index in [0.29, 0.717) is 87.9 Å². The van der Waals surface area contributed by atoms with Gasteiger partial charge in [-0.25, -0.2) is 9.59 Å². The molecule has 0 unspecified atom stereocenters. The van der Waals surface area contributed by atoms with E-state index in [2.05, 4.69) is 21.3 Å². The third-order valence-electron chi connectivity index (χ3n) is 3.95. The minimum absolute atomic E-state index is 0.00340. The Morgan fingerprint density at radius 3 is 0.976 bits per heavy atom. The highest BCUT2D eigenvalue weighted by molar-refractivity contribution is 14.1. The Labute approximate surface area is 277 Å². The van der Waals surface area contributed by atoms with Crippen LogP contribution in [0.2, 0.25) is 0 Å². The summed E-state index contributed by atoms with van der Waals surface area (Å²) in [6, 6.07) is 0. The van der Waals surface area contributed by atoms with Crippen LogP contribution >= 0.6 is 45.2 Å². The summed E-state index contributed by atoms with van der Waals surface area (Å²) < 4.78 is 32.1. The predicted octanol–water partition coefficient (Wildman–Crippen LogP) is 2.19. The van der Waals surface area contributed by atoms with Crippen molar-refractivity contribution in [2.75, 3.05) is 87.9 Å². The monoisotopic (exact) mass is 832 g/mol. The molecule has 0 heterocycles. The molecule has 0 rings (SSSR count). The number of carbonyl (C=O) groups is 4. The van der Waals surface area contributed by atoms with Gasteiger partial charge in [0.25, 0.3) is 0 Å². The van der Waals surface area contributed by atoms with Crippen LogP contribution in [0.3, 0.4) is 0 Å². The molecule has 0 bridgehead atoms. The van der Waals surface area contributed by atoms with Crippen molar-refractivity contribution < 1.29 is 47.6 Å². The molecule has 0 aromatic heterocycles. The van der Waals surface area contributed by atoms with Crippen molar-refractivity contribution in [3.63, 3.8) is 0 Å². The second-order valence-corrected chi connectivity index (χ2v) is 11.8. The fourth-order valence-corrected chi connectivity index (χ4v) is 2.88. The average Bonchev–Trinajstić information content (AvgIpc) is 2.88. The SMILES string of the molecule is CC(C)(C)OC(=O)NCCOCCOCCNC(=O)CI.CC(C)(C)OC(=O)NCCOCCOCCNC(=O)CI. The number of amides is 4. The van der Waals surface area contributed by atoms with Gasteiger partial charge < -0.3 is 49.7 Å². The first kappa shape index (κ1) is 42.9. The third-order valence-corrected chi connectivity index (χ3v) is 5.34. The molecule has 42 heavy (non-hydrogen) atoms. The van der Waals surface area contributed by atoms with Crippen LogP contribution in [0, 0.1) is 0 Å². The van der Waals surface area contributed by atoms with Crippen LogP contribution in [0.25, 0.3) is 0 Å². The van der Waals surface area contributed by atoms with E-state index in [4.69, 9.17) is 28.4 Å². The van der Waals surface area contributed by atoms with Crippen molar-refractivity contribution in [3.8, 4) is 0 Å². The first-order valence-corrected chi connectivity index (χ1v) is 16.6. The number of hydrogen-bond acceptors (Lipinski definition) is 10. The maximum Gasteiger partial charge on any atom is 0.407 e. The highest BCUT2D eigenvalue weighted by atomic mass is 127. The summed E-state index contributed by atoms with van der Waals surface area (Å²) in [6.07, 6.45) is -0.901. The molecule has 16 heteroatoms. The summed E-state index contributed by atoms with van der Waals surface area (Å²) in [5.41, 5.74) is -0.989. The van der Waals surface area contributed by atoms with Gasteiger partial charge in [0, 0.05) is 26.2 Å². The van der Waals surface area contributed by atoms with Crippen molar-refractivity contribution >= 4 is 69.2 Å². The van der Waals surface area contributed by atoms with Crippen molar-refractivity contribution in [3.05, 3.63) is 0 Å². The molecular weight excluding hydrogens is 782 g/mol. The van der Waals surface area contributed by atoms with E-state index in [1.165, 1.54) is 0 Å². The largest absolute Gasteiger partial charge is 0.444 e. The Hall–Kier alpha value is -1.22. The third kappa shape index (κ3) is 36.8. The Morgan fingerprint density at radius 2 is 0.738 bits per heavy atom. The van der Waals surface area contributed by atoms with Gasteiger partial charge in [-0.1, -0.05) is 45.2 Å². The van der Waals surface area contributed by atoms with Gasteiger partial charge in [-0.15, -0.1) is 0 Å². The Morgan fingerprint density at radius 1 is 0.476 bits per heavy atom. The zero-order chi connectivity index (χ0) is 32.3. The molecule has 0 aliphatic carbocycles. The maximum absolute atomic E-state index is 11.3. The number of halogens is 2. The minimum atomic E-state index is -0.495. The predicted molar refractivity (Wildman–Crippen MR) is 176 cm³/mol. The molecule has 4 N–H and O–H groups in total. The van der Waals surface area contributed by atoms with Crippen LogP contribution in [-0.4, -0.2) is 123 Å². The quantitative estimate of drug-likeness (QED) is 0.0811. The van der Waals surface area contributed by atoms with Crippen LogP contribution < -0.4 is 21.3 Å². The van der Waals surface area contributed by atoms with Gasteiger partial charge in [-0.2, -0.15) is 0 Å². The number of alkyl halides is 2. The Balaban J connectivity index is 0. The van der Waals surface area contributed by atoms with Crippen LogP contribution in [0.4, 0.5) is 9.59 Å². The molecule has 248 valence electrons.